The molecule has 1 atom stereocenters. The van der Waals surface area contributed by atoms with Crippen molar-refractivity contribution in [2.75, 3.05) is 26.4 Å². The number of hydrogen-bond donors (Lipinski definition) is 0. The molecule has 1 unspecified atom stereocenters. The van der Waals surface area contributed by atoms with Crippen LogP contribution in [0.3, 0.4) is 0 Å². The molecule has 0 aliphatic heterocycles. The Morgan fingerprint density at radius 3 is 1.52 bits per heavy atom. The fourth-order valence-electron chi connectivity index (χ4n) is 3.77. The normalized spacial score (nSPS) is 14.2. The standard InChI is InChI=1S/C28H40Br2O8S2/c1-5-28(4,18-7-21-37-39(31,32)25-13-9-23(29)10-14-25)36-19-6-17-27(2,3)35-20-8-22-38-40(33,34)26-15-11-24(30)12-16-26/h9-16H,5-8,17-22H2,1-4H3. The third-order valence-corrected chi connectivity index (χ3v) is 10.1. The van der Waals surface area contributed by atoms with Gasteiger partial charge in [0.2, 0.25) is 0 Å². The summed E-state index contributed by atoms with van der Waals surface area (Å²) in [6, 6.07) is 12.6. The number of hydrogen-bond acceptors (Lipinski definition) is 8. The summed E-state index contributed by atoms with van der Waals surface area (Å²) in [5, 5.41) is 0. The fraction of sp³-hybridized carbons (Fsp3) is 0.571. The first-order valence-corrected chi connectivity index (χ1v) is 17.7. The highest BCUT2D eigenvalue weighted by Gasteiger charge is 2.25. The van der Waals surface area contributed by atoms with Crippen LogP contribution in [0.5, 0.6) is 0 Å². The average molecular weight is 729 g/mol. The highest BCUT2D eigenvalue weighted by atomic mass is 79.9. The fourth-order valence-corrected chi connectivity index (χ4v) is 6.18. The first-order chi connectivity index (χ1) is 18.7. The summed E-state index contributed by atoms with van der Waals surface area (Å²) in [6.07, 6.45) is 4.00. The quantitative estimate of drug-likeness (QED) is 0.110. The van der Waals surface area contributed by atoms with Gasteiger partial charge in [-0.1, -0.05) is 38.8 Å². The van der Waals surface area contributed by atoms with Crippen LogP contribution in [0.2, 0.25) is 0 Å². The SMILES string of the molecule is CCC(C)(CCCOS(=O)(=O)c1ccc(Br)cc1)OCCCC(C)(C)OCCCOS(=O)(=O)c1ccc(Br)cc1. The van der Waals surface area contributed by atoms with Gasteiger partial charge in [0.25, 0.3) is 20.2 Å². The summed E-state index contributed by atoms with van der Waals surface area (Å²) in [5.41, 5.74) is -0.779. The van der Waals surface area contributed by atoms with E-state index < -0.39 is 25.8 Å². The van der Waals surface area contributed by atoms with Crippen molar-refractivity contribution < 1.29 is 34.7 Å². The Bertz CT molecular complexity index is 1250. The summed E-state index contributed by atoms with van der Waals surface area (Å²) in [7, 11) is -7.58. The van der Waals surface area contributed by atoms with E-state index in [0.717, 1.165) is 28.2 Å². The second kappa shape index (κ2) is 16.1. The van der Waals surface area contributed by atoms with Crippen LogP contribution in [0.4, 0.5) is 0 Å². The Balaban J connectivity index is 1.64. The van der Waals surface area contributed by atoms with Gasteiger partial charge in [-0.15, -0.1) is 0 Å². The van der Waals surface area contributed by atoms with Gasteiger partial charge in [-0.05, 0) is 108 Å². The highest BCUT2D eigenvalue weighted by molar-refractivity contribution is 9.10. The molecular weight excluding hydrogens is 688 g/mol. The van der Waals surface area contributed by atoms with Crippen molar-refractivity contribution in [2.45, 2.75) is 87.2 Å². The molecule has 8 nitrogen and oxygen atoms in total. The Morgan fingerprint density at radius 2 is 1.05 bits per heavy atom. The maximum Gasteiger partial charge on any atom is 0.296 e. The van der Waals surface area contributed by atoms with Crippen LogP contribution in [0.15, 0.2) is 67.3 Å². The maximum atomic E-state index is 12.4. The van der Waals surface area contributed by atoms with E-state index in [2.05, 4.69) is 31.9 Å². The van der Waals surface area contributed by atoms with Gasteiger partial charge < -0.3 is 9.47 Å². The Morgan fingerprint density at radius 1 is 0.625 bits per heavy atom. The Hall–Kier alpha value is -0.860. The molecule has 0 radical (unpaired) electrons. The molecule has 0 aliphatic carbocycles. The topological polar surface area (TPSA) is 105 Å². The molecule has 2 aromatic carbocycles. The molecule has 0 fully saturated rings. The highest BCUT2D eigenvalue weighted by Crippen LogP contribution is 2.25. The lowest BCUT2D eigenvalue weighted by atomic mass is 9.96. The largest absolute Gasteiger partial charge is 0.375 e. The van der Waals surface area contributed by atoms with Crippen molar-refractivity contribution in [1.82, 2.24) is 0 Å². The minimum absolute atomic E-state index is 0.0422. The predicted molar refractivity (Wildman–Crippen MR) is 162 cm³/mol. The zero-order chi connectivity index (χ0) is 29.9. The van der Waals surface area contributed by atoms with Crippen molar-refractivity contribution in [3.8, 4) is 0 Å². The zero-order valence-corrected chi connectivity index (χ0v) is 28.3. The van der Waals surface area contributed by atoms with E-state index in [1.54, 1.807) is 24.3 Å². The molecule has 2 aromatic rings. The van der Waals surface area contributed by atoms with Crippen molar-refractivity contribution in [1.29, 1.82) is 0 Å². The minimum atomic E-state index is -3.79. The van der Waals surface area contributed by atoms with Gasteiger partial charge in [-0.3, -0.25) is 8.37 Å². The lowest BCUT2D eigenvalue weighted by Gasteiger charge is -2.30. The third kappa shape index (κ3) is 12.6. The van der Waals surface area contributed by atoms with Crippen molar-refractivity contribution >= 4 is 52.1 Å². The molecule has 0 bridgehead atoms. The second-order valence-corrected chi connectivity index (χ2v) is 15.3. The van der Waals surface area contributed by atoms with Gasteiger partial charge in [0.05, 0.1) is 34.2 Å². The molecule has 0 aliphatic rings. The number of rotatable bonds is 19. The van der Waals surface area contributed by atoms with Crippen molar-refractivity contribution in [2.24, 2.45) is 0 Å². The average Bonchev–Trinajstić information content (AvgIpc) is 2.89. The van der Waals surface area contributed by atoms with Gasteiger partial charge in [0.1, 0.15) is 0 Å². The Kier molecular flexibility index (Phi) is 14.2. The van der Waals surface area contributed by atoms with E-state index in [4.69, 9.17) is 17.8 Å². The van der Waals surface area contributed by atoms with Crippen molar-refractivity contribution in [3.63, 3.8) is 0 Å². The van der Waals surface area contributed by atoms with Gasteiger partial charge in [-0.25, -0.2) is 0 Å². The van der Waals surface area contributed by atoms with Crippen LogP contribution in [0.1, 0.15) is 66.2 Å². The zero-order valence-electron chi connectivity index (χ0n) is 23.5. The molecule has 2 rings (SSSR count). The van der Waals surface area contributed by atoms with Crippen LogP contribution < -0.4 is 0 Å². The molecule has 12 heteroatoms. The maximum absolute atomic E-state index is 12.4. The van der Waals surface area contributed by atoms with E-state index in [-0.39, 0.29) is 28.6 Å². The Labute approximate surface area is 256 Å². The van der Waals surface area contributed by atoms with E-state index in [9.17, 15) is 16.8 Å². The van der Waals surface area contributed by atoms with Crippen LogP contribution in [-0.2, 0) is 38.1 Å². The summed E-state index contributed by atoms with van der Waals surface area (Å²) in [4.78, 5) is 0.252. The monoisotopic (exact) mass is 726 g/mol. The van der Waals surface area contributed by atoms with E-state index >= 15 is 0 Å². The molecule has 0 spiro atoms. The van der Waals surface area contributed by atoms with E-state index in [1.807, 2.05) is 27.7 Å². The molecule has 226 valence electrons. The number of halogens is 2. The second-order valence-electron chi connectivity index (χ2n) is 10.3. The molecule has 0 N–H and O–H groups in total. The molecule has 0 heterocycles. The number of ether oxygens (including phenoxy) is 2. The molecule has 0 amide bonds. The molecule has 0 saturated carbocycles. The molecule has 0 aromatic heterocycles. The molecule has 0 saturated heterocycles. The third-order valence-electron chi connectivity index (χ3n) is 6.43. The minimum Gasteiger partial charge on any atom is -0.375 e. The molecule has 40 heavy (non-hydrogen) atoms. The van der Waals surface area contributed by atoms with Crippen LogP contribution >= 0.6 is 31.9 Å². The smallest absolute Gasteiger partial charge is 0.296 e. The van der Waals surface area contributed by atoms with Crippen LogP contribution in [-0.4, -0.2) is 54.5 Å². The van der Waals surface area contributed by atoms with Crippen molar-refractivity contribution in [3.05, 3.63) is 57.5 Å². The van der Waals surface area contributed by atoms with E-state index in [0.29, 0.717) is 32.5 Å². The van der Waals surface area contributed by atoms with Gasteiger partial charge in [-0.2, -0.15) is 16.8 Å². The number of benzene rings is 2. The summed E-state index contributed by atoms with van der Waals surface area (Å²) in [5.74, 6) is 0. The van der Waals surface area contributed by atoms with Gasteiger partial charge in [0.15, 0.2) is 0 Å². The lowest BCUT2D eigenvalue weighted by Crippen LogP contribution is -2.30. The van der Waals surface area contributed by atoms with Gasteiger partial charge in [0, 0.05) is 22.2 Å². The molecular formula is C28H40Br2O8S2. The first-order valence-electron chi connectivity index (χ1n) is 13.3. The first kappa shape index (κ1) is 35.3. The summed E-state index contributed by atoms with van der Waals surface area (Å²) < 4.78 is 73.3. The van der Waals surface area contributed by atoms with E-state index in [1.165, 1.54) is 24.3 Å². The summed E-state index contributed by atoms with van der Waals surface area (Å²) >= 11 is 6.57. The van der Waals surface area contributed by atoms with Gasteiger partial charge >= 0.3 is 0 Å². The predicted octanol–water partition coefficient (Wildman–Crippen LogP) is 7.25. The van der Waals surface area contributed by atoms with Crippen LogP contribution in [0, 0.1) is 0 Å². The summed E-state index contributed by atoms with van der Waals surface area (Å²) in [6.45, 7) is 9.12. The lowest BCUT2D eigenvalue weighted by molar-refractivity contribution is -0.0621. The van der Waals surface area contributed by atoms with Crippen LogP contribution in [0.25, 0.3) is 0 Å².